The summed E-state index contributed by atoms with van der Waals surface area (Å²) in [6.07, 6.45) is -3.77. The molecule has 1 aliphatic rings. The summed E-state index contributed by atoms with van der Waals surface area (Å²) in [4.78, 5) is 57.9. The van der Waals surface area contributed by atoms with Crippen LogP contribution >= 0.6 is 7.87 Å². The van der Waals surface area contributed by atoms with Crippen LogP contribution in [0.1, 0.15) is 90.6 Å². The van der Waals surface area contributed by atoms with E-state index in [-0.39, 0.29) is 66.6 Å². The van der Waals surface area contributed by atoms with Crippen LogP contribution < -0.4 is 24.4 Å². The number of amides is 1. The van der Waals surface area contributed by atoms with Gasteiger partial charge in [-0.1, -0.05) is 112 Å². The van der Waals surface area contributed by atoms with Crippen LogP contribution in [0.25, 0.3) is 11.2 Å². The van der Waals surface area contributed by atoms with Crippen molar-refractivity contribution in [3.05, 3.63) is 163 Å². The zero-order valence-electron chi connectivity index (χ0n) is 46.8. The van der Waals surface area contributed by atoms with E-state index in [0.29, 0.717) is 35.8 Å². The first-order valence-electron chi connectivity index (χ1n) is 27.0. The Hall–Kier alpha value is -7.49. The molecule has 0 aliphatic carbocycles. The van der Waals surface area contributed by atoms with Gasteiger partial charge in [0.2, 0.25) is 5.95 Å². The maximum atomic E-state index is 14.6. The van der Waals surface area contributed by atoms with E-state index in [1.54, 1.807) is 43.1 Å². The second-order valence-corrected chi connectivity index (χ2v) is 22.8. The van der Waals surface area contributed by atoms with Crippen molar-refractivity contribution in [2.24, 2.45) is 5.92 Å². The summed E-state index contributed by atoms with van der Waals surface area (Å²) >= 11 is 0. The number of esters is 1. The number of aromatic nitrogens is 4. The number of methoxy groups -OCH3 is 2. The fourth-order valence-corrected chi connectivity index (χ4v) is 13.0. The average Bonchev–Trinajstić information content (AvgIpc) is 4.16. The Bertz CT molecular complexity index is 3070. The van der Waals surface area contributed by atoms with E-state index < -0.39 is 50.1 Å². The van der Waals surface area contributed by atoms with Crippen LogP contribution in [0.5, 0.6) is 17.4 Å². The molecule has 2 aromatic heterocycles. The van der Waals surface area contributed by atoms with Crippen LogP contribution in [0.2, 0.25) is 0 Å². The molecule has 1 fully saturated rings. The predicted octanol–water partition coefficient (Wildman–Crippen LogP) is 12.0. The quantitative estimate of drug-likeness (QED) is 0.0310. The number of benzene rings is 5. The number of carbonyl (C=O) groups excluding carboxylic acids is 2. The number of anilines is 3. The number of carbonyl (C=O) groups is 2. The molecule has 1 saturated heterocycles. The van der Waals surface area contributed by atoms with Crippen LogP contribution in [-0.4, -0.2) is 105 Å². The maximum absolute atomic E-state index is 14.6. The summed E-state index contributed by atoms with van der Waals surface area (Å²) in [5.74, 6) is 0.864. The van der Waals surface area contributed by atoms with E-state index in [9.17, 15) is 19.7 Å². The first-order valence-corrected chi connectivity index (χ1v) is 28.8. The highest BCUT2D eigenvalue weighted by Gasteiger charge is 2.59. The lowest BCUT2D eigenvalue weighted by Crippen LogP contribution is -2.46. The van der Waals surface area contributed by atoms with Gasteiger partial charge in [-0.25, -0.2) is 19.6 Å². The van der Waals surface area contributed by atoms with Crippen molar-refractivity contribution in [2.75, 3.05) is 43.7 Å². The van der Waals surface area contributed by atoms with Crippen molar-refractivity contribution in [2.45, 2.75) is 110 Å². The minimum absolute atomic E-state index is 0.0281. The molecule has 0 spiro atoms. The van der Waals surface area contributed by atoms with Crippen molar-refractivity contribution >= 4 is 48.4 Å². The molecule has 3 heterocycles. The number of ether oxygens (including phenoxy) is 6. The average molecular weight is 1110 g/mol. The zero-order chi connectivity index (χ0) is 57.0. The molecule has 5 atom stereocenters. The van der Waals surface area contributed by atoms with Crippen molar-refractivity contribution in [3.63, 3.8) is 0 Å². The molecular weight excluding hydrogens is 1040 g/mol. The zero-order valence-corrected chi connectivity index (χ0v) is 47.7. The predicted molar refractivity (Wildman–Crippen MR) is 308 cm³/mol. The summed E-state index contributed by atoms with van der Waals surface area (Å²) < 4.78 is 49.5. The monoisotopic (exact) mass is 1110 g/mol. The van der Waals surface area contributed by atoms with Gasteiger partial charge in [-0.15, -0.1) is 4.67 Å². The van der Waals surface area contributed by atoms with Gasteiger partial charge in [0.05, 0.1) is 51.0 Å². The summed E-state index contributed by atoms with van der Waals surface area (Å²) in [5, 5.41) is 13.4. The van der Waals surface area contributed by atoms with Crippen molar-refractivity contribution < 1.29 is 47.4 Å². The molecule has 1 aliphatic heterocycles. The highest BCUT2D eigenvalue weighted by Crippen LogP contribution is 2.64. The summed E-state index contributed by atoms with van der Waals surface area (Å²) in [6.45, 7) is 14.0. The molecule has 420 valence electrons. The van der Waals surface area contributed by atoms with E-state index in [1.165, 1.54) is 11.2 Å². The van der Waals surface area contributed by atoms with Crippen LogP contribution in [0.3, 0.4) is 0 Å². The lowest BCUT2D eigenvalue weighted by atomic mass is 9.80. The van der Waals surface area contributed by atoms with Gasteiger partial charge in [-0.2, -0.15) is 19.8 Å². The van der Waals surface area contributed by atoms with Crippen LogP contribution in [-0.2, 0) is 29.1 Å². The molecule has 2 N–H and O–H groups in total. The van der Waals surface area contributed by atoms with E-state index in [4.69, 9.17) is 47.9 Å². The maximum Gasteiger partial charge on any atom is 0.425 e. The smallest absolute Gasteiger partial charge is 0.425 e. The Morgan fingerprint density at radius 3 is 1.85 bits per heavy atom. The highest BCUT2D eigenvalue weighted by atomic mass is 31.2. The van der Waals surface area contributed by atoms with Gasteiger partial charge < -0.3 is 33.7 Å². The number of nitrogens with one attached hydrogen (secondary N) is 1. The standard InChI is InChI=1S/C61H72N8O10P/c1-10-21-52(70)77-55-54(79-80(72,37-20-36-62)69(42(4)5)43(6)7)51(39-75-61(44-22-14-11-15-23-44,45-28-32-49(73-8)33-29-45)46-30-34-50(74-9)35-31-46)76-58(55)67-40-64-53-56(67)65-59(63-38-41(2)3)66-57(53)78-60(71)68(47-24-16-12-17-25-47)48-26-18-13-19-27-48/h11-19,22-35,40-43,51,54-55,58,72H,10,20-21,37-39H2,1-9H3,(H,63,65,66)/q+1/t51-,54-,55-,58-,80?/m1/s1. The molecule has 8 rings (SSSR count). The lowest BCUT2D eigenvalue weighted by molar-refractivity contribution is -0.158. The topological polar surface area (TPSA) is 205 Å². The van der Waals surface area contributed by atoms with Gasteiger partial charge in [-0.3, -0.25) is 9.36 Å². The fourth-order valence-electron chi connectivity index (χ4n) is 10.1. The first-order chi connectivity index (χ1) is 38.6. The van der Waals surface area contributed by atoms with Gasteiger partial charge in [-0.05, 0) is 105 Å². The summed E-state index contributed by atoms with van der Waals surface area (Å²) in [7, 11) is -0.565. The molecule has 19 heteroatoms. The lowest BCUT2D eigenvalue weighted by Gasteiger charge is -2.39. The SMILES string of the molecule is CCCC(=O)O[C@@H]1[C@H](O[P+](O)(CCC#N)N(C(C)C)C(C)C)[C@@H](COC(c2ccccc2)(c2ccc(OC)cc2)c2ccc(OC)cc2)O[C@H]1n1cnc2c(OC(=O)N(c3ccccc3)c3ccccc3)nc(NCC(C)C)nc21. The van der Waals surface area contributed by atoms with E-state index >= 15 is 0 Å². The number of hydrogen-bond donors (Lipinski definition) is 2. The van der Waals surface area contributed by atoms with Crippen molar-refractivity contribution in [1.29, 1.82) is 5.26 Å². The normalized spacial score (nSPS) is 17.1. The number of imidazole rings is 1. The number of fused-ring (bicyclic) bond motifs is 1. The number of nitrogens with zero attached hydrogens (tertiary/aromatic N) is 7. The minimum Gasteiger partial charge on any atom is -0.497 e. The Balaban J connectivity index is 1.31. The Kier molecular flexibility index (Phi) is 19.5. The largest absolute Gasteiger partial charge is 0.497 e. The third kappa shape index (κ3) is 13.1. The number of rotatable bonds is 25. The molecule has 1 unspecified atom stereocenters. The van der Waals surface area contributed by atoms with Gasteiger partial charge in [0.1, 0.15) is 29.4 Å². The Morgan fingerprint density at radius 1 is 0.787 bits per heavy atom. The molecule has 80 heavy (non-hydrogen) atoms. The fraction of sp³-hybridized carbons (Fsp3) is 0.377. The minimum atomic E-state index is -3.78. The molecule has 18 nitrogen and oxygen atoms in total. The van der Waals surface area contributed by atoms with Gasteiger partial charge >= 0.3 is 19.9 Å². The molecule has 7 aromatic rings. The summed E-state index contributed by atoms with van der Waals surface area (Å²) in [6, 6.07) is 44.9. The van der Waals surface area contributed by atoms with Gasteiger partial charge in [0.25, 0.3) is 5.88 Å². The first kappa shape index (κ1) is 58.7. The third-order valence-corrected chi connectivity index (χ3v) is 16.6. The molecule has 1 amide bonds. The Labute approximate surface area is 469 Å². The second-order valence-electron chi connectivity index (χ2n) is 20.3. The molecule has 0 saturated carbocycles. The summed E-state index contributed by atoms with van der Waals surface area (Å²) in [5.41, 5.74) is 2.29. The second kappa shape index (κ2) is 26.6. The molecule has 5 aromatic carbocycles. The number of hydrogen-bond acceptors (Lipinski definition) is 16. The van der Waals surface area contributed by atoms with Crippen molar-refractivity contribution in [3.8, 4) is 23.4 Å². The van der Waals surface area contributed by atoms with Gasteiger partial charge in [0, 0.05) is 25.0 Å². The van der Waals surface area contributed by atoms with Gasteiger partial charge in [0.15, 0.2) is 29.6 Å². The van der Waals surface area contributed by atoms with E-state index in [1.807, 2.05) is 168 Å². The third-order valence-electron chi connectivity index (χ3n) is 13.6. The molecule has 0 radical (unpaired) electrons. The van der Waals surface area contributed by atoms with E-state index in [2.05, 4.69) is 11.4 Å². The van der Waals surface area contributed by atoms with E-state index in [0.717, 1.165) is 16.7 Å². The number of nitriles is 1. The van der Waals surface area contributed by atoms with Crippen LogP contribution in [0.15, 0.2) is 146 Å². The number of para-hydroxylation sites is 2. The van der Waals surface area contributed by atoms with Crippen molar-refractivity contribution in [1.82, 2.24) is 24.2 Å². The molecular formula is C61H72N8O10P+. The van der Waals surface area contributed by atoms with Crippen LogP contribution in [0, 0.1) is 17.2 Å². The molecule has 0 bridgehead atoms. The van der Waals surface area contributed by atoms with Crippen LogP contribution in [0.4, 0.5) is 22.1 Å². The highest BCUT2D eigenvalue weighted by molar-refractivity contribution is 7.63. The Morgan fingerprint density at radius 2 is 1.34 bits per heavy atom.